The van der Waals surface area contributed by atoms with Crippen molar-refractivity contribution in [2.75, 3.05) is 26.2 Å². The van der Waals surface area contributed by atoms with E-state index in [-0.39, 0.29) is 36.0 Å². The van der Waals surface area contributed by atoms with E-state index in [4.69, 9.17) is 4.74 Å². The van der Waals surface area contributed by atoms with E-state index in [1.165, 1.54) is 12.1 Å². The van der Waals surface area contributed by atoms with Gasteiger partial charge in [0, 0.05) is 32.2 Å². The fourth-order valence-electron chi connectivity index (χ4n) is 3.75. The number of ether oxygens (including phenoxy) is 1. The standard InChI is InChI=1S/C24H36FN3O4/c1-6-28(23(31)32-24(3,4)5)17(2)15-26-22(30)19-8-7-13-27(16-19)21(29)14-18-9-11-20(25)12-10-18/h9-12,17,19H,6-8,13-16H2,1-5H3,(H,26,30)/t17-,19?/m1/s1. The smallest absolute Gasteiger partial charge is 0.410 e. The Kier molecular flexibility index (Phi) is 9.04. The van der Waals surface area contributed by atoms with Crippen molar-refractivity contribution in [2.24, 2.45) is 5.92 Å². The zero-order valence-electron chi connectivity index (χ0n) is 19.8. The number of nitrogens with one attached hydrogen (secondary N) is 1. The van der Waals surface area contributed by atoms with Crippen LogP contribution in [0.3, 0.4) is 0 Å². The predicted molar refractivity (Wildman–Crippen MR) is 120 cm³/mol. The highest BCUT2D eigenvalue weighted by atomic mass is 19.1. The molecule has 8 heteroatoms. The topological polar surface area (TPSA) is 79.0 Å². The van der Waals surface area contributed by atoms with E-state index in [0.717, 1.165) is 12.0 Å². The number of likely N-dealkylation sites (N-methyl/N-ethyl adjacent to an activating group) is 1. The van der Waals surface area contributed by atoms with E-state index in [2.05, 4.69) is 5.32 Å². The summed E-state index contributed by atoms with van der Waals surface area (Å²) in [5.41, 5.74) is 0.165. The number of piperidine rings is 1. The van der Waals surface area contributed by atoms with E-state index >= 15 is 0 Å². The Bertz CT molecular complexity index is 791. The molecule has 1 saturated heterocycles. The quantitative estimate of drug-likeness (QED) is 0.692. The molecule has 1 N–H and O–H groups in total. The molecule has 0 saturated carbocycles. The highest BCUT2D eigenvalue weighted by Gasteiger charge is 2.30. The third kappa shape index (κ3) is 7.80. The van der Waals surface area contributed by atoms with Gasteiger partial charge in [0.05, 0.1) is 12.3 Å². The van der Waals surface area contributed by atoms with Crippen molar-refractivity contribution in [2.45, 2.75) is 65.5 Å². The number of halogens is 1. The molecule has 7 nitrogen and oxygen atoms in total. The summed E-state index contributed by atoms with van der Waals surface area (Å²) in [6, 6.07) is 5.67. The molecule has 0 aromatic heterocycles. The van der Waals surface area contributed by atoms with Gasteiger partial charge < -0.3 is 19.9 Å². The van der Waals surface area contributed by atoms with Gasteiger partial charge in [-0.05, 0) is 65.2 Å². The molecule has 1 heterocycles. The van der Waals surface area contributed by atoms with Gasteiger partial charge >= 0.3 is 6.09 Å². The zero-order valence-corrected chi connectivity index (χ0v) is 19.8. The number of carbonyl (C=O) groups excluding carboxylic acids is 3. The Balaban J connectivity index is 1.86. The van der Waals surface area contributed by atoms with Gasteiger partial charge in [0.1, 0.15) is 11.4 Å². The van der Waals surface area contributed by atoms with Crippen molar-refractivity contribution in [3.05, 3.63) is 35.6 Å². The molecular weight excluding hydrogens is 413 g/mol. The normalized spacial score (nSPS) is 17.4. The van der Waals surface area contributed by atoms with Crippen LogP contribution in [0.1, 0.15) is 53.0 Å². The first kappa shape index (κ1) is 25.6. The van der Waals surface area contributed by atoms with Gasteiger partial charge in [-0.15, -0.1) is 0 Å². The second-order valence-electron chi connectivity index (χ2n) is 9.34. The molecule has 0 bridgehead atoms. The summed E-state index contributed by atoms with van der Waals surface area (Å²) < 4.78 is 18.5. The lowest BCUT2D eigenvalue weighted by molar-refractivity contribution is -0.135. The highest BCUT2D eigenvalue weighted by Crippen LogP contribution is 2.18. The molecule has 2 atom stereocenters. The van der Waals surface area contributed by atoms with Gasteiger partial charge in [-0.3, -0.25) is 9.59 Å². The number of benzene rings is 1. The lowest BCUT2D eigenvalue weighted by atomic mass is 9.96. The molecule has 1 unspecified atom stereocenters. The average Bonchev–Trinajstić information content (AvgIpc) is 2.73. The van der Waals surface area contributed by atoms with Gasteiger partial charge in [0.25, 0.3) is 0 Å². The van der Waals surface area contributed by atoms with E-state index in [9.17, 15) is 18.8 Å². The molecule has 1 fully saturated rings. The highest BCUT2D eigenvalue weighted by molar-refractivity contribution is 5.82. The van der Waals surface area contributed by atoms with E-state index in [1.807, 2.05) is 34.6 Å². The Morgan fingerprint density at radius 1 is 1.25 bits per heavy atom. The Morgan fingerprint density at radius 3 is 2.50 bits per heavy atom. The average molecular weight is 450 g/mol. The molecule has 178 valence electrons. The van der Waals surface area contributed by atoms with Crippen LogP contribution in [0.15, 0.2) is 24.3 Å². The number of hydrogen-bond donors (Lipinski definition) is 1. The molecule has 1 aromatic carbocycles. The molecular formula is C24H36FN3O4. The minimum absolute atomic E-state index is 0.0652. The van der Waals surface area contributed by atoms with Crippen LogP contribution in [0.4, 0.5) is 9.18 Å². The van der Waals surface area contributed by atoms with Crippen molar-refractivity contribution in [1.29, 1.82) is 0 Å². The van der Waals surface area contributed by atoms with Crippen LogP contribution >= 0.6 is 0 Å². The third-order valence-corrected chi connectivity index (χ3v) is 5.49. The Morgan fingerprint density at radius 2 is 1.91 bits per heavy atom. The van der Waals surface area contributed by atoms with Gasteiger partial charge in [-0.1, -0.05) is 12.1 Å². The molecule has 0 radical (unpaired) electrons. The first-order chi connectivity index (χ1) is 15.0. The number of carbonyl (C=O) groups is 3. The second kappa shape index (κ2) is 11.3. The predicted octanol–water partition coefficient (Wildman–Crippen LogP) is 3.37. The molecule has 1 aromatic rings. The summed E-state index contributed by atoms with van der Waals surface area (Å²) >= 11 is 0. The first-order valence-electron chi connectivity index (χ1n) is 11.3. The van der Waals surface area contributed by atoms with Gasteiger partial charge in [-0.2, -0.15) is 0 Å². The van der Waals surface area contributed by atoms with E-state index in [1.54, 1.807) is 21.9 Å². The minimum Gasteiger partial charge on any atom is -0.444 e. The fraction of sp³-hybridized carbons (Fsp3) is 0.625. The number of amides is 3. The summed E-state index contributed by atoms with van der Waals surface area (Å²) in [4.78, 5) is 41.1. The molecule has 0 spiro atoms. The van der Waals surface area contributed by atoms with Gasteiger partial charge in [-0.25, -0.2) is 9.18 Å². The van der Waals surface area contributed by atoms with Crippen molar-refractivity contribution in [3.63, 3.8) is 0 Å². The van der Waals surface area contributed by atoms with Crippen LogP contribution in [0, 0.1) is 11.7 Å². The second-order valence-corrected chi connectivity index (χ2v) is 9.34. The van der Waals surface area contributed by atoms with Crippen molar-refractivity contribution >= 4 is 17.9 Å². The largest absolute Gasteiger partial charge is 0.444 e. The maximum atomic E-state index is 13.1. The maximum absolute atomic E-state index is 13.1. The monoisotopic (exact) mass is 449 g/mol. The van der Waals surface area contributed by atoms with Crippen molar-refractivity contribution < 1.29 is 23.5 Å². The molecule has 1 aliphatic heterocycles. The van der Waals surface area contributed by atoms with Crippen LogP contribution in [0.25, 0.3) is 0 Å². The van der Waals surface area contributed by atoms with Crippen LogP contribution in [0.5, 0.6) is 0 Å². The molecule has 32 heavy (non-hydrogen) atoms. The van der Waals surface area contributed by atoms with Crippen molar-refractivity contribution in [3.8, 4) is 0 Å². The molecule has 0 aliphatic carbocycles. The summed E-state index contributed by atoms with van der Waals surface area (Å²) in [6.45, 7) is 11.0. The van der Waals surface area contributed by atoms with Crippen LogP contribution in [0.2, 0.25) is 0 Å². The van der Waals surface area contributed by atoms with Crippen LogP contribution < -0.4 is 5.32 Å². The minimum atomic E-state index is -0.584. The SMILES string of the molecule is CCN(C(=O)OC(C)(C)C)[C@H](C)CNC(=O)C1CCCN(C(=O)Cc2ccc(F)cc2)C1. The summed E-state index contributed by atoms with van der Waals surface area (Å²) in [7, 11) is 0. The van der Waals surface area contributed by atoms with E-state index < -0.39 is 11.7 Å². The third-order valence-electron chi connectivity index (χ3n) is 5.49. The van der Waals surface area contributed by atoms with Gasteiger partial charge in [0.15, 0.2) is 0 Å². The number of rotatable bonds is 7. The summed E-state index contributed by atoms with van der Waals surface area (Å²) in [6.07, 6.45) is 1.25. The van der Waals surface area contributed by atoms with Crippen LogP contribution in [-0.2, 0) is 20.7 Å². The summed E-state index contributed by atoms with van der Waals surface area (Å²) in [5, 5.41) is 2.93. The lowest BCUT2D eigenvalue weighted by Crippen LogP contribution is -2.50. The zero-order chi connectivity index (χ0) is 23.9. The van der Waals surface area contributed by atoms with E-state index in [0.29, 0.717) is 32.6 Å². The maximum Gasteiger partial charge on any atom is 0.410 e. The number of nitrogens with zero attached hydrogens (tertiary/aromatic N) is 2. The number of likely N-dealkylation sites (tertiary alicyclic amines) is 1. The fourth-order valence-corrected chi connectivity index (χ4v) is 3.75. The molecule has 1 aliphatic rings. The van der Waals surface area contributed by atoms with Crippen molar-refractivity contribution in [1.82, 2.24) is 15.1 Å². The Hall–Kier alpha value is -2.64. The number of hydrogen-bond acceptors (Lipinski definition) is 4. The van der Waals surface area contributed by atoms with Gasteiger partial charge in [0.2, 0.25) is 11.8 Å². The first-order valence-corrected chi connectivity index (χ1v) is 11.3. The molecule has 2 rings (SSSR count). The Labute approximate surface area is 190 Å². The lowest BCUT2D eigenvalue weighted by Gasteiger charge is -2.33. The molecule has 3 amide bonds. The van der Waals surface area contributed by atoms with Crippen LogP contribution in [-0.4, -0.2) is 65.5 Å². The summed E-state index contributed by atoms with van der Waals surface area (Å²) in [5.74, 6) is -0.802.